The van der Waals surface area contributed by atoms with Crippen molar-refractivity contribution in [3.8, 4) is 5.69 Å². The second kappa shape index (κ2) is 8.24. The van der Waals surface area contributed by atoms with Crippen LogP contribution in [0.4, 0.5) is 0 Å². The van der Waals surface area contributed by atoms with Crippen LogP contribution in [0.3, 0.4) is 0 Å². The Morgan fingerprint density at radius 3 is 2.43 bits per heavy atom. The summed E-state index contributed by atoms with van der Waals surface area (Å²) in [6, 6.07) is 17.0. The Bertz CT molecular complexity index is 946. The first-order valence-electron chi connectivity index (χ1n) is 9.78. The molecule has 146 valence electrons. The summed E-state index contributed by atoms with van der Waals surface area (Å²) in [6.45, 7) is 1.54. The molecule has 0 atom stereocenters. The molecular weight excluding hydrogens is 391 g/mol. The largest absolute Gasteiger partial charge is 0.306 e. The van der Waals surface area contributed by atoms with Gasteiger partial charge in [0.1, 0.15) is 5.82 Å². The van der Waals surface area contributed by atoms with Crippen LogP contribution in [-0.2, 0) is 13.1 Å². The predicted octanol–water partition coefficient (Wildman–Crippen LogP) is 5.39. The summed E-state index contributed by atoms with van der Waals surface area (Å²) in [5.74, 6) is 3.25. The fraction of sp³-hybridized carbons (Fsp3) is 0.364. The van der Waals surface area contributed by atoms with E-state index in [1.165, 1.54) is 29.7 Å². The Labute approximate surface area is 176 Å². The SMILES string of the molecule is Cl.Clc1ccc2c(c1)CNCc1nnc(C3CCC(c4ccccc4)CC3)n1-2. The monoisotopic (exact) mass is 414 g/mol. The maximum atomic E-state index is 6.23. The van der Waals surface area contributed by atoms with E-state index in [2.05, 4.69) is 62.5 Å². The van der Waals surface area contributed by atoms with E-state index in [-0.39, 0.29) is 12.4 Å². The highest BCUT2D eigenvalue weighted by atomic mass is 35.5. The lowest BCUT2D eigenvalue weighted by atomic mass is 9.78. The fourth-order valence-electron chi connectivity index (χ4n) is 4.60. The second-order valence-electron chi connectivity index (χ2n) is 7.65. The van der Waals surface area contributed by atoms with Gasteiger partial charge in [0.2, 0.25) is 0 Å². The molecule has 2 aliphatic rings. The number of rotatable bonds is 2. The van der Waals surface area contributed by atoms with Gasteiger partial charge in [0, 0.05) is 17.5 Å². The average molecular weight is 415 g/mol. The topological polar surface area (TPSA) is 42.7 Å². The zero-order chi connectivity index (χ0) is 18.2. The van der Waals surface area contributed by atoms with Crippen molar-refractivity contribution in [1.29, 1.82) is 0 Å². The zero-order valence-electron chi connectivity index (χ0n) is 15.6. The molecule has 1 fully saturated rings. The number of hydrogen-bond donors (Lipinski definition) is 1. The van der Waals surface area contributed by atoms with Gasteiger partial charge >= 0.3 is 0 Å². The maximum absolute atomic E-state index is 6.23. The molecular formula is C22H24Cl2N4. The first-order valence-corrected chi connectivity index (χ1v) is 10.2. The number of hydrogen-bond acceptors (Lipinski definition) is 3. The summed E-state index contributed by atoms with van der Waals surface area (Å²) >= 11 is 6.23. The highest BCUT2D eigenvalue weighted by molar-refractivity contribution is 6.30. The highest BCUT2D eigenvalue weighted by Gasteiger charge is 2.29. The van der Waals surface area contributed by atoms with E-state index >= 15 is 0 Å². The molecule has 28 heavy (non-hydrogen) atoms. The molecule has 0 bridgehead atoms. The van der Waals surface area contributed by atoms with E-state index in [9.17, 15) is 0 Å². The molecule has 2 heterocycles. The first-order chi connectivity index (χ1) is 13.3. The molecule has 4 nitrogen and oxygen atoms in total. The summed E-state index contributed by atoms with van der Waals surface area (Å²) in [7, 11) is 0. The number of benzene rings is 2. The summed E-state index contributed by atoms with van der Waals surface area (Å²) in [4.78, 5) is 0. The molecule has 1 N–H and O–H groups in total. The van der Waals surface area contributed by atoms with Crippen LogP contribution < -0.4 is 5.32 Å². The lowest BCUT2D eigenvalue weighted by molar-refractivity contribution is 0.382. The lowest BCUT2D eigenvalue weighted by Gasteiger charge is -2.28. The smallest absolute Gasteiger partial charge is 0.151 e. The average Bonchev–Trinajstić information content (AvgIpc) is 3.04. The summed E-state index contributed by atoms with van der Waals surface area (Å²) < 4.78 is 2.28. The van der Waals surface area contributed by atoms with Gasteiger partial charge in [-0.3, -0.25) is 4.57 Å². The van der Waals surface area contributed by atoms with Gasteiger partial charge in [0.05, 0.1) is 12.2 Å². The number of fused-ring (bicyclic) bond motifs is 3. The Balaban J connectivity index is 0.00000192. The van der Waals surface area contributed by atoms with Crippen LogP contribution in [0.25, 0.3) is 5.69 Å². The van der Waals surface area contributed by atoms with Gasteiger partial charge in [0.25, 0.3) is 0 Å². The van der Waals surface area contributed by atoms with Gasteiger partial charge in [-0.1, -0.05) is 41.9 Å². The molecule has 1 aliphatic carbocycles. The highest BCUT2D eigenvalue weighted by Crippen LogP contribution is 2.41. The Hall–Kier alpha value is -1.88. The van der Waals surface area contributed by atoms with Crippen molar-refractivity contribution >= 4 is 24.0 Å². The first kappa shape index (κ1) is 19.4. The normalized spacial score (nSPS) is 21.2. The van der Waals surface area contributed by atoms with Gasteiger partial charge in [-0.2, -0.15) is 0 Å². The van der Waals surface area contributed by atoms with Gasteiger partial charge in [0.15, 0.2) is 5.82 Å². The second-order valence-corrected chi connectivity index (χ2v) is 8.08. The minimum absolute atomic E-state index is 0. The van der Waals surface area contributed by atoms with Crippen LogP contribution in [-0.4, -0.2) is 14.8 Å². The standard InChI is InChI=1S/C22H23ClN4.ClH/c23-19-10-11-20-18(12-19)13-24-14-21-25-26-22(27(20)21)17-8-6-16(7-9-17)15-4-2-1-3-5-15;/h1-5,10-12,16-17,24H,6-9,13-14H2;1H. The van der Waals surface area contributed by atoms with E-state index in [0.717, 1.165) is 42.6 Å². The molecule has 0 amide bonds. The molecule has 5 rings (SSSR count). The van der Waals surface area contributed by atoms with Crippen LogP contribution in [0, 0.1) is 0 Å². The van der Waals surface area contributed by atoms with Crippen LogP contribution in [0.15, 0.2) is 48.5 Å². The lowest BCUT2D eigenvalue weighted by Crippen LogP contribution is -2.16. The van der Waals surface area contributed by atoms with Crippen molar-refractivity contribution < 1.29 is 0 Å². The van der Waals surface area contributed by atoms with Crippen LogP contribution >= 0.6 is 24.0 Å². The summed E-state index contributed by atoms with van der Waals surface area (Å²) in [5, 5.41) is 13.4. The third-order valence-electron chi connectivity index (χ3n) is 6.00. The van der Waals surface area contributed by atoms with Crippen molar-refractivity contribution in [2.45, 2.75) is 50.6 Å². The summed E-state index contributed by atoms with van der Waals surface area (Å²) in [5.41, 5.74) is 3.85. The van der Waals surface area contributed by atoms with Crippen LogP contribution in [0.2, 0.25) is 5.02 Å². The number of halogens is 2. The van der Waals surface area contributed by atoms with Gasteiger partial charge in [-0.05, 0) is 60.9 Å². The minimum atomic E-state index is 0. The third-order valence-corrected chi connectivity index (χ3v) is 6.23. The van der Waals surface area contributed by atoms with Gasteiger partial charge < -0.3 is 5.32 Å². The van der Waals surface area contributed by atoms with E-state index in [1.807, 2.05) is 6.07 Å². The van der Waals surface area contributed by atoms with E-state index in [1.54, 1.807) is 0 Å². The van der Waals surface area contributed by atoms with Crippen molar-refractivity contribution in [2.75, 3.05) is 0 Å². The Morgan fingerprint density at radius 2 is 1.64 bits per heavy atom. The van der Waals surface area contributed by atoms with Crippen molar-refractivity contribution in [1.82, 2.24) is 20.1 Å². The molecule has 0 radical (unpaired) electrons. The Morgan fingerprint density at radius 1 is 0.893 bits per heavy atom. The Kier molecular flexibility index (Phi) is 5.72. The molecule has 6 heteroatoms. The summed E-state index contributed by atoms with van der Waals surface area (Å²) in [6.07, 6.45) is 4.74. The van der Waals surface area contributed by atoms with Crippen molar-refractivity contribution in [3.05, 3.63) is 76.3 Å². The number of aromatic nitrogens is 3. The molecule has 0 unspecified atom stereocenters. The van der Waals surface area contributed by atoms with E-state index in [4.69, 9.17) is 11.6 Å². The van der Waals surface area contributed by atoms with Gasteiger partial charge in [-0.25, -0.2) is 0 Å². The van der Waals surface area contributed by atoms with E-state index < -0.39 is 0 Å². The number of nitrogens with zero attached hydrogens (tertiary/aromatic N) is 3. The predicted molar refractivity (Wildman–Crippen MR) is 115 cm³/mol. The third kappa shape index (κ3) is 3.57. The molecule has 0 spiro atoms. The number of nitrogens with one attached hydrogen (secondary N) is 1. The minimum Gasteiger partial charge on any atom is -0.306 e. The van der Waals surface area contributed by atoms with Gasteiger partial charge in [-0.15, -0.1) is 22.6 Å². The molecule has 2 aromatic carbocycles. The van der Waals surface area contributed by atoms with Crippen LogP contribution in [0.1, 0.15) is 60.3 Å². The molecule has 1 aliphatic heterocycles. The van der Waals surface area contributed by atoms with Crippen molar-refractivity contribution in [2.24, 2.45) is 0 Å². The molecule has 0 saturated heterocycles. The quantitative estimate of drug-likeness (QED) is 0.611. The fourth-order valence-corrected chi connectivity index (χ4v) is 4.80. The van der Waals surface area contributed by atoms with E-state index in [0.29, 0.717) is 11.8 Å². The maximum Gasteiger partial charge on any atom is 0.151 e. The molecule has 1 aromatic heterocycles. The molecule has 1 saturated carbocycles. The zero-order valence-corrected chi connectivity index (χ0v) is 17.2. The van der Waals surface area contributed by atoms with Crippen molar-refractivity contribution in [3.63, 3.8) is 0 Å². The van der Waals surface area contributed by atoms with Crippen LogP contribution in [0.5, 0.6) is 0 Å². The molecule has 3 aromatic rings.